The van der Waals surface area contributed by atoms with Gasteiger partial charge in [-0.1, -0.05) is 203 Å². The summed E-state index contributed by atoms with van der Waals surface area (Å²) in [5.41, 5.74) is 21.4. The van der Waals surface area contributed by atoms with Gasteiger partial charge in [-0.25, -0.2) is 0 Å². The quantitative estimate of drug-likeness (QED) is 0.121. The Bertz CT molecular complexity index is 3990. The number of hydrogen-bond acceptors (Lipinski definition) is 3. The standard InChI is InChI=1S/C71H48N3.Ir/c1-48-23-39-70(73-46-48)55-33-29-52(30-34-55)61-16-6-8-18-63(61)58-42-59(64-19-9-7-17-62(64)53-31-35-56(36-32-53)71-40-24-49(2)47-74-71)44-60(43-58)65-20-10-11-21-66(65)67-38-37-57(69-22-12-13-41-72-69)45-68(67)54-27-25-51(26-28-54)50-14-4-3-5-15-50;/h3-33,35,38-47H,1-2H3;/q-3;+3/i1D3,2D3;. The molecule has 0 aliphatic rings. The molecule has 12 rings (SSSR count). The number of benzene rings is 9. The molecule has 4 heteroatoms. The first-order valence-corrected chi connectivity index (χ1v) is 24.5. The van der Waals surface area contributed by atoms with E-state index in [4.69, 9.17) is 13.2 Å². The van der Waals surface area contributed by atoms with Gasteiger partial charge in [0.25, 0.3) is 0 Å². The van der Waals surface area contributed by atoms with E-state index >= 15 is 0 Å². The number of nitrogens with zero attached hydrogens (tertiary/aromatic N) is 3. The van der Waals surface area contributed by atoms with Gasteiger partial charge in [-0.2, -0.15) is 0 Å². The van der Waals surface area contributed by atoms with E-state index in [2.05, 4.69) is 180 Å². The minimum atomic E-state index is -2.24. The number of aromatic nitrogens is 3. The van der Waals surface area contributed by atoms with Crippen molar-refractivity contribution in [1.29, 1.82) is 0 Å². The predicted octanol–water partition coefficient (Wildman–Crippen LogP) is 18.2. The molecule has 0 atom stereocenters. The van der Waals surface area contributed by atoms with E-state index in [1.807, 2.05) is 66.9 Å². The fourth-order valence-electron chi connectivity index (χ4n) is 9.74. The Balaban J connectivity index is 0.00000690. The summed E-state index contributed by atoms with van der Waals surface area (Å²) < 4.78 is 46.9. The number of aryl methyl sites for hydroxylation is 2. The summed E-state index contributed by atoms with van der Waals surface area (Å²) in [6, 6.07) is 90.9. The van der Waals surface area contributed by atoms with Crippen LogP contribution < -0.4 is 0 Å². The maximum Gasteiger partial charge on any atom is 3.00 e. The molecule has 0 radical (unpaired) electrons. The monoisotopic (exact) mass is 1140 g/mol. The van der Waals surface area contributed by atoms with Gasteiger partial charge in [0.1, 0.15) is 0 Å². The van der Waals surface area contributed by atoms with Crippen molar-refractivity contribution in [1.82, 2.24) is 15.0 Å². The molecule has 0 N–H and O–H groups in total. The average molecular weight is 1140 g/mol. The third kappa shape index (κ3) is 10.2. The van der Waals surface area contributed by atoms with Gasteiger partial charge in [0.15, 0.2) is 0 Å². The van der Waals surface area contributed by atoms with Crippen molar-refractivity contribution in [3.63, 3.8) is 0 Å². The van der Waals surface area contributed by atoms with E-state index in [1.54, 1.807) is 24.3 Å². The molecule has 356 valence electrons. The maximum atomic E-state index is 7.81. The van der Waals surface area contributed by atoms with Crippen molar-refractivity contribution in [3.8, 4) is 123 Å². The molecule has 0 fully saturated rings. The molecule has 3 aromatic heterocycles. The molecule has 9 aromatic carbocycles. The van der Waals surface area contributed by atoms with Crippen LogP contribution in [-0.4, -0.2) is 15.0 Å². The number of pyridine rings is 3. The van der Waals surface area contributed by atoms with E-state index in [0.29, 0.717) is 11.4 Å². The minimum absolute atomic E-state index is 0. The van der Waals surface area contributed by atoms with Crippen molar-refractivity contribution in [2.75, 3.05) is 0 Å². The largest absolute Gasteiger partial charge is 3.00 e. The van der Waals surface area contributed by atoms with Crippen molar-refractivity contribution in [2.24, 2.45) is 0 Å². The Morgan fingerprint density at radius 1 is 0.293 bits per heavy atom. The molecule has 0 bridgehead atoms. The molecular formula is C71H48IrN3. The molecule has 0 saturated heterocycles. The van der Waals surface area contributed by atoms with Crippen LogP contribution in [0, 0.1) is 31.9 Å². The Labute approximate surface area is 461 Å². The summed E-state index contributed by atoms with van der Waals surface area (Å²) in [6.07, 6.45) is 4.64. The fraction of sp³-hybridized carbons (Fsp3) is 0.0282. The summed E-state index contributed by atoms with van der Waals surface area (Å²) >= 11 is 0. The van der Waals surface area contributed by atoms with Crippen molar-refractivity contribution >= 4 is 0 Å². The Morgan fingerprint density at radius 2 is 0.720 bits per heavy atom. The summed E-state index contributed by atoms with van der Waals surface area (Å²) in [5.74, 6) is 0. The normalized spacial score (nSPS) is 12.5. The number of rotatable bonds is 11. The number of hydrogen-bond donors (Lipinski definition) is 0. The fourth-order valence-corrected chi connectivity index (χ4v) is 9.74. The maximum absolute atomic E-state index is 7.81. The van der Waals surface area contributed by atoms with Crippen LogP contribution in [0.2, 0.25) is 0 Å². The van der Waals surface area contributed by atoms with E-state index in [-0.39, 0.29) is 31.2 Å². The average Bonchev–Trinajstić information content (AvgIpc) is 3.53. The van der Waals surface area contributed by atoms with Gasteiger partial charge in [-0.15, -0.1) is 83.4 Å². The zero-order chi connectivity index (χ0) is 54.8. The van der Waals surface area contributed by atoms with E-state index in [1.165, 1.54) is 12.4 Å². The summed E-state index contributed by atoms with van der Waals surface area (Å²) in [5, 5.41) is 0. The molecule has 0 saturated carbocycles. The van der Waals surface area contributed by atoms with Crippen molar-refractivity contribution in [3.05, 3.63) is 285 Å². The van der Waals surface area contributed by atoms with Crippen LogP contribution in [0.1, 0.15) is 19.4 Å². The first-order chi connectivity index (χ1) is 38.9. The molecule has 3 heterocycles. The van der Waals surface area contributed by atoms with Crippen LogP contribution in [0.15, 0.2) is 255 Å². The van der Waals surface area contributed by atoms with Crippen LogP contribution >= 0.6 is 0 Å². The van der Waals surface area contributed by atoms with E-state index in [9.17, 15) is 0 Å². The second-order valence-corrected chi connectivity index (χ2v) is 18.1. The van der Waals surface area contributed by atoms with Gasteiger partial charge in [0, 0.05) is 26.8 Å². The van der Waals surface area contributed by atoms with Crippen LogP contribution in [0.5, 0.6) is 0 Å². The molecule has 0 unspecified atom stereocenters. The molecule has 12 aromatic rings. The minimum Gasteiger partial charge on any atom is -0.305 e. The van der Waals surface area contributed by atoms with Crippen LogP contribution in [0.25, 0.3) is 123 Å². The SMILES string of the molecule is [2H]C([2H])([2H])c1ccc(-c2[c-]cc(-c3ccccc3-c3cc(-c4ccccc4-c4c[c-]c(-c5ccc(C([2H])([2H])[2H])cn5)cc4)cc(-c4ccccc4-c4c[c-]c(-c5ccccn5)cc4-c4ccc(-c5ccccc5)cc4)c3)cc2)nc1.[Ir+3]. The van der Waals surface area contributed by atoms with Crippen LogP contribution in [-0.2, 0) is 20.1 Å². The van der Waals surface area contributed by atoms with Gasteiger partial charge in [0.05, 0.1) is 0 Å². The zero-order valence-corrected chi connectivity index (χ0v) is 42.8. The third-order valence-corrected chi connectivity index (χ3v) is 13.5. The van der Waals surface area contributed by atoms with Crippen LogP contribution in [0.3, 0.4) is 0 Å². The van der Waals surface area contributed by atoms with Crippen molar-refractivity contribution < 1.29 is 28.3 Å². The second-order valence-electron chi connectivity index (χ2n) is 18.1. The molecule has 0 aliphatic heterocycles. The molecule has 3 nitrogen and oxygen atoms in total. The Morgan fingerprint density at radius 3 is 1.19 bits per heavy atom. The Kier molecular flexibility index (Phi) is 12.0. The summed E-state index contributed by atoms with van der Waals surface area (Å²) in [7, 11) is 0. The van der Waals surface area contributed by atoms with Gasteiger partial charge < -0.3 is 15.0 Å². The van der Waals surface area contributed by atoms with Gasteiger partial charge >= 0.3 is 20.1 Å². The zero-order valence-electron chi connectivity index (χ0n) is 46.4. The van der Waals surface area contributed by atoms with E-state index < -0.39 is 13.7 Å². The van der Waals surface area contributed by atoms with Crippen molar-refractivity contribution in [2.45, 2.75) is 13.7 Å². The molecular weight excluding hydrogens is 1090 g/mol. The summed E-state index contributed by atoms with van der Waals surface area (Å²) in [6.45, 7) is -4.48. The molecule has 75 heavy (non-hydrogen) atoms. The molecule has 0 amide bonds. The predicted molar refractivity (Wildman–Crippen MR) is 306 cm³/mol. The smallest absolute Gasteiger partial charge is 0.305 e. The van der Waals surface area contributed by atoms with Crippen LogP contribution in [0.4, 0.5) is 0 Å². The molecule has 0 spiro atoms. The Hall–Kier alpha value is -8.92. The van der Waals surface area contributed by atoms with Gasteiger partial charge in [0.2, 0.25) is 0 Å². The first-order valence-electron chi connectivity index (χ1n) is 27.5. The third-order valence-electron chi connectivity index (χ3n) is 13.5. The summed E-state index contributed by atoms with van der Waals surface area (Å²) in [4.78, 5) is 13.7. The first kappa shape index (κ1) is 41.5. The van der Waals surface area contributed by atoms with Gasteiger partial charge in [-0.3, -0.25) is 0 Å². The molecule has 0 aliphatic carbocycles. The second kappa shape index (κ2) is 21.7. The van der Waals surface area contributed by atoms with E-state index in [0.717, 1.165) is 111 Å². The topological polar surface area (TPSA) is 38.7 Å². The van der Waals surface area contributed by atoms with Gasteiger partial charge in [-0.05, 0) is 116 Å².